The lowest BCUT2D eigenvalue weighted by Crippen LogP contribution is -2.53. The summed E-state index contributed by atoms with van der Waals surface area (Å²) in [6.07, 6.45) is 2.53. The van der Waals surface area contributed by atoms with Gasteiger partial charge < -0.3 is 14.7 Å². The van der Waals surface area contributed by atoms with Gasteiger partial charge in [-0.25, -0.2) is 0 Å². The van der Waals surface area contributed by atoms with Gasteiger partial charge in [0.15, 0.2) is 0 Å². The number of nitrogens with zero attached hydrogens (tertiary/aromatic N) is 5. The zero-order valence-electron chi connectivity index (χ0n) is 34.1. The van der Waals surface area contributed by atoms with Crippen LogP contribution in [0.15, 0.2) is 149 Å². The molecule has 6 atom stereocenters. The SMILES string of the molecule is Cc1ccc(NN2C(=O)[C@@H]3C[C@@H]4C(=CC[C@@H]5C(=O)N(c6ccc(N=Nc7ccc(N(C)C)cc7)cc6)C(=O)[C@@H]54)[C@H](c4ccc(OCCO)cc4)[C@]3(c3ccccc3)C2=O)cc1. The lowest BCUT2D eigenvalue weighted by atomic mass is 9.49. The molecule has 4 amide bonds. The highest BCUT2D eigenvalue weighted by Gasteiger charge is 2.70. The predicted molar refractivity (Wildman–Crippen MR) is 232 cm³/mol. The van der Waals surface area contributed by atoms with Crippen LogP contribution in [0.1, 0.15) is 35.4 Å². The fraction of sp³-hybridized carbons (Fsp3) is 0.265. The number of hydrazine groups is 1. The van der Waals surface area contributed by atoms with Crippen molar-refractivity contribution in [3.63, 3.8) is 0 Å². The Morgan fingerprint density at radius 2 is 1.43 bits per heavy atom. The Labute approximate surface area is 354 Å². The Bertz CT molecular complexity index is 2540. The number of benzene rings is 5. The van der Waals surface area contributed by atoms with Crippen LogP contribution in [0.5, 0.6) is 5.75 Å². The molecule has 0 spiro atoms. The Morgan fingerprint density at radius 3 is 2.07 bits per heavy atom. The van der Waals surface area contributed by atoms with Crippen LogP contribution in [0.2, 0.25) is 0 Å². The molecule has 61 heavy (non-hydrogen) atoms. The number of aliphatic hydroxyl groups is 1. The summed E-state index contributed by atoms with van der Waals surface area (Å²) >= 11 is 0. The normalized spacial score (nSPS) is 24.4. The first kappa shape index (κ1) is 39.5. The minimum absolute atomic E-state index is 0.118. The van der Waals surface area contributed by atoms with Gasteiger partial charge in [-0.1, -0.05) is 71.8 Å². The van der Waals surface area contributed by atoms with Gasteiger partial charge in [0.05, 0.1) is 52.5 Å². The number of amides is 4. The topological polar surface area (TPSA) is 144 Å². The molecule has 308 valence electrons. The fourth-order valence-corrected chi connectivity index (χ4v) is 9.90. The lowest BCUT2D eigenvalue weighted by molar-refractivity contribution is -0.138. The van der Waals surface area contributed by atoms with Crippen LogP contribution >= 0.6 is 0 Å². The van der Waals surface area contributed by atoms with Gasteiger partial charge in [0.25, 0.3) is 11.8 Å². The first-order valence-corrected chi connectivity index (χ1v) is 20.6. The second kappa shape index (κ2) is 15.9. The van der Waals surface area contributed by atoms with Gasteiger partial charge >= 0.3 is 0 Å². The number of carbonyl (C=O) groups excluding carboxylic acids is 4. The number of aliphatic hydroxyl groups excluding tert-OH is 1. The van der Waals surface area contributed by atoms with E-state index in [-0.39, 0.29) is 37.4 Å². The van der Waals surface area contributed by atoms with Crippen LogP contribution in [0.25, 0.3) is 0 Å². The number of hydrogen-bond donors (Lipinski definition) is 2. The molecule has 5 aromatic carbocycles. The smallest absolute Gasteiger partial charge is 0.260 e. The highest BCUT2D eigenvalue weighted by molar-refractivity contribution is 6.22. The molecule has 2 N–H and O–H groups in total. The molecule has 4 aliphatic rings. The van der Waals surface area contributed by atoms with Gasteiger partial charge in [0.2, 0.25) is 11.8 Å². The van der Waals surface area contributed by atoms with Gasteiger partial charge in [-0.05, 0) is 110 Å². The quantitative estimate of drug-likeness (QED) is 0.0775. The summed E-state index contributed by atoms with van der Waals surface area (Å²) in [5.74, 6) is -4.31. The number of azo groups is 1. The van der Waals surface area contributed by atoms with Crippen LogP contribution in [0.3, 0.4) is 0 Å². The van der Waals surface area contributed by atoms with Crippen LogP contribution < -0.4 is 20.0 Å². The molecule has 12 nitrogen and oxygen atoms in total. The van der Waals surface area contributed by atoms with E-state index in [4.69, 9.17) is 4.74 Å². The van der Waals surface area contributed by atoms with E-state index in [9.17, 15) is 19.5 Å². The number of imide groups is 2. The minimum atomic E-state index is -1.39. The lowest BCUT2D eigenvalue weighted by Gasteiger charge is -2.50. The molecular formula is C49H46N6O6. The molecule has 12 heteroatoms. The largest absolute Gasteiger partial charge is 0.491 e. The predicted octanol–water partition coefficient (Wildman–Crippen LogP) is 8.04. The molecule has 3 fully saturated rings. The summed E-state index contributed by atoms with van der Waals surface area (Å²) < 4.78 is 5.72. The standard InChI is InChI=1S/C49H46N6O6/c1-30-9-13-35(14-10-30)52-55-46(58)42-29-41-39(44(31-11-23-38(24-12-31)61-28-27-56)49(42,48(55)60)32-7-5-4-6-8-32)25-26-40-43(41)47(59)54(45(40)57)37-21-17-34(18-22-37)51-50-33-15-19-36(20-16-33)53(2)3/h4-25,40-44,52,56H,26-29H2,1-3H3/t40-,41+,42-,43-,44-,49+/m0/s1. The van der Waals surface area contributed by atoms with Crippen molar-refractivity contribution in [3.8, 4) is 5.75 Å². The third-order valence-corrected chi connectivity index (χ3v) is 12.7. The second-order valence-corrected chi connectivity index (χ2v) is 16.4. The number of hydrogen-bond acceptors (Lipinski definition) is 10. The monoisotopic (exact) mass is 814 g/mol. The van der Waals surface area contributed by atoms with Crippen molar-refractivity contribution < 1.29 is 29.0 Å². The Morgan fingerprint density at radius 1 is 0.770 bits per heavy atom. The molecule has 9 rings (SSSR count). The van der Waals surface area contributed by atoms with Gasteiger partial charge in [0.1, 0.15) is 12.4 Å². The molecule has 2 aliphatic heterocycles. The maximum Gasteiger partial charge on any atom is 0.260 e. The van der Waals surface area contributed by atoms with Crippen molar-refractivity contribution in [2.45, 2.75) is 31.1 Å². The van der Waals surface area contributed by atoms with Crippen molar-refractivity contribution >= 4 is 52.1 Å². The van der Waals surface area contributed by atoms with Crippen LogP contribution in [0.4, 0.5) is 28.4 Å². The molecule has 2 saturated heterocycles. The summed E-state index contributed by atoms with van der Waals surface area (Å²) in [5, 5.41) is 19.3. The van der Waals surface area contributed by atoms with Crippen LogP contribution in [-0.2, 0) is 24.6 Å². The van der Waals surface area contributed by atoms with Gasteiger partial charge in [-0.3, -0.25) is 29.5 Å². The van der Waals surface area contributed by atoms with E-state index in [0.717, 1.165) is 27.4 Å². The number of allylic oxidation sites excluding steroid dienone is 2. The highest BCUT2D eigenvalue weighted by Crippen LogP contribution is 2.64. The van der Waals surface area contributed by atoms with E-state index < -0.39 is 40.9 Å². The fourth-order valence-electron chi connectivity index (χ4n) is 9.90. The Hall–Kier alpha value is -6.92. The van der Waals surface area contributed by atoms with Crippen molar-refractivity contribution in [1.29, 1.82) is 0 Å². The van der Waals surface area contributed by atoms with E-state index in [2.05, 4.69) is 15.7 Å². The van der Waals surface area contributed by atoms with Gasteiger partial charge in [-0.2, -0.15) is 15.2 Å². The van der Waals surface area contributed by atoms with Crippen LogP contribution in [0, 0.1) is 30.6 Å². The molecule has 0 bridgehead atoms. The van der Waals surface area contributed by atoms with E-state index in [0.29, 0.717) is 40.5 Å². The Kier molecular flexibility index (Phi) is 10.3. The second-order valence-electron chi connectivity index (χ2n) is 16.4. The molecular weight excluding hydrogens is 769 g/mol. The first-order valence-electron chi connectivity index (χ1n) is 20.6. The van der Waals surface area contributed by atoms with Crippen molar-refractivity contribution in [3.05, 3.63) is 156 Å². The number of rotatable bonds is 11. The molecule has 1 saturated carbocycles. The summed E-state index contributed by atoms with van der Waals surface area (Å²) in [6.45, 7) is 1.94. The molecule has 0 radical (unpaired) electrons. The average Bonchev–Trinajstić information content (AvgIpc) is 3.66. The number of anilines is 3. The number of carbonyl (C=O) groups is 4. The number of fused-ring (bicyclic) bond motifs is 4. The number of ether oxygens (including phenoxy) is 1. The zero-order chi connectivity index (χ0) is 42.4. The maximum absolute atomic E-state index is 15.4. The maximum atomic E-state index is 15.4. The molecule has 0 aromatic heterocycles. The zero-order valence-corrected chi connectivity index (χ0v) is 34.1. The molecule has 0 unspecified atom stereocenters. The number of nitrogens with one attached hydrogen (secondary N) is 1. The van der Waals surface area contributed by atoms with Crippen molar-refractivity contribution in [1.82, 2.24) is 5.01 Å². The van der Waals surface area contributed by atoms with E-state index in [1.54, 1.807) is 36.4 Å². The molecule has 5 aromatic rings. The minimum Gasteiger partial charge on any atom is -0.491 e. The molecule has 2 aliphatic carbocycles. The summed E-state index contributed by atoms with van der Waals surface area (Å²) in [5.41, 5.74) is 8.44. The van der Waals surface area contributed by atoms with Crippen molar-refractivity contribution in [2.24, 2.45) is 33.9 Å². The number of aryl methyl sites for hydroxylation is 1. The Balaban J connectivity index is 1.09. The third-order valence-electron chi connectivity index (χ3n) is 12.7. The average molecular weight is 815 g/mol. The highest BCUT2D eigenvalue weighted by atomic mass is 16.5. The third kappa shape index (κ3) is 6.77. The van der Waals surface area contributed by atoms with E-state index >= 15 is 4.79 Å². The summed E-state index contributed by atoms with van der Waals surface area (Å²) in [7, 11) is 3.94. The summed E-state index contributed by atoms with van der Waals surface area (Å²) in [4.78, 5) is 62.8. The molecule has 2 heterocycles. The van der Waals surface area contributed by atoms with Crippen molar-refractivity contribution in [2.75, 3.05) is 42.5 Å². The summed E-state index contributed by atoms with van der Waals surface area (Å²) in [6, 6.07) is 38.9. The van der Waals surface area contributed by atoms with Gasteiger partial charge in [-0.15, -0.1) is 0 Å². The van der Waals surface area contributed by atoms with Gasteiger partial charge in [0, 0.05) is 25.7 Å². The van der Waals surface area contributed by atoms with Crippen LogP contribution in [-0.4, -0.2) is 61.1 Å². The van der Waals surface area contributed by atoms with E-state index in [1.807, 2.05) is 123 Å². The first-order chi connectivity index (χ1) is 29.6. The van der Waals surface area contributed by atoms with E-state index in [1.165, 1.54) is 4.90 Å².